The van der Waals surface area contributed by atoms with Crippen molar-refractivity contribution in [3.63, 3.8) is 0 Å². The van der Waals surface area contributed by atoms with Crippen molar-refractivity contribution < 1.29 is 0 Å². The summed E-state index contributed by atoms with van der Waals surface area (Å²) in [5, 5.41) is 7.11. The minimum atomic E-state index is 0.522. The Kier molecular flexibility index (Phi) is 4.75. The average molecular weight is 339 g/mol. The van der Waals surface area contributed by atoms with E-state index in [0.717, 1.165) is 12.4 Å². The molecule has 0 radical (unpaired) electrons. The fourth-order valence-corrected chi connectivity index (χ4v) is 4.52. The van der Waals surface area contributed by atoms with Gasteiger partial charge in [0.1, 0.15) is 12.2 Å². The number of likely N-dealkylation sites (tertiary alicyclic amines) is 1. The first-order chi connectivity index (χ1) is 12.2. The standard InChI is InChI=1S/C20H29N5/c1-15-5-3-7-19(16(15)2)24-11-8-18(9-12-24)25-10-4-6-17(13-25)20-21-14-22-23-20/h3,5,7,14,17-18H,4,6,8-13H2,1-2H3,(H,21,22,23). The van der Waals surface area contributed by atoms with Gasteiger partial charge in [0.15, 0.2) is 0 Å². The van der Waals surface area contributed by atoms with Crippen LogP contribution in [0.2, 0.25) is 0 Å². The molecule has 2 saturated heterocycles. The largest absolute Gasteiger partial charge is 0.371 e. The molecule has 5 heteroatoms. The smallest absolute Gasteiger partial charge is 0.137 e. The minimum Gasteiger partial charge on any atom is -0.371 e. The Hall–Kier alpha value is -1.88. The zero-order chi connectivity index (χ0) is 17.2. The van der Waals surface area contributed by atoms with Crippen molar-refractivity contribution in [3.05, 3.63) is 41.5 Å². The van der Waals surface area contributed by atoms with E-state index < -0.39 is 0 Å². The fraction of sp³-hybridized carbons (Fsp3) is 0.600. The molecule has 0 spiro atoms. The molecule has 2 aromatic rings. The van der Waals surface area contributed by atoms with Crippen LogP contribution in [-0.4, -0.2) is 52.3 Å². The van der Waals surface area contributed by atoms with Crippen molar-refractivity contribution in [3.8, 4) is 0 Å². The molecule has 2 aliphatic rings. The molecule has 1 aromatic heterocycles. The molecule has 2 aliphatic heterocycles. The maximum Gasteiger partial charge on any atom is 0.137 e. The molecule has 25 heavy (non-hydrogen) atoms. The maximum atomic E-state index is 4.39. The van der Waals surface area contributed by atoms with Gasteiger partial charge in [0, 0.05) is 37.3 Å². The van der Waals surface area contributed by atoms with Crippen molar-refractivity contribution in [2.24, 2.45) is 0 Å². The number of benzene rings is 1. The Balaban J connectivity index is 1.37. The Morgan fingerprint density at radius 1 is 1.08 bits per heavy atom. The van der Waals surface area contributed by atoms with Gasteiger partial charge < -0.3 is 4.90 Å². The SMILES string of the molecule is Cc1cccc(N2CCC(N3CCCC(c4ncn[nH]4)C3)CC2)c1C. The van der Waals surface area contributed by atoms with Crippen molar-refractivity contribution in [1.29, 1.82) is 0 Å². The number of aromatic amines is 1. The summed E-state index contributed by atoms with van der Waals surface area (Å²) < 4.78 is 0. The van der Waals surface area contributed by atoms with Crippen LogP contribution in [0.15, 0.2) is 24.5 Å². The lowest BCUT2D eigenvalue weighted by Gasteiger charge is -2.43. The topological polar surface area (TPSA) is 48.1 Å². The molecule has 0 bridgehead atoms. The second-order valence-electron chi connectivity index (χ2n) is 7.64. The van der Waals surface area contributed by atoms with Crippen LogP contribution in [-0.2, 0) is 0 Å². The molecule has 1 aromatic carbocycles. The molecule has 1 N–H and O–H groups in total. The van der Waals surface area contributed by atoms with Gasteiger partial charge in [-0.3, -0.25) is 10.00 Å². The van der Waals surface area contributed by atoms with E-state index in [9.17, 15) is 0 Å². The second kappa shape index (κ2) is 7.16. The Labute approximate surface area is 150 Å². The number of H-pyrrole nitrogens is 1. The average Bonchev–Trinajstić information content (AvgIpc) is 3.19. The first-order valence-electron chi connectivity index (χ1n) is 9.63. The van der Waals surface area contributed by atoms with Crippen LogP contribution < -0.4 is 4.90 Å². The Morgan fingerprint density at radius 2 is 1.92 bits per heavy atom. The summed E-state index contributed by atoms with van der Waals surface area (Å²) in [4.78, 5) is 9.67. The summed E-state index contributed by atoms with van der Waals surface area (Å²) in [7, 11) is 0. The molecule has 134 valence electrons. The lowest BCUT2D eigenvalue weighted by atomic mass is 9.93. The van der Waals surface area contributed by atoms with Gasteiger partial charge in [-0.2, -0.15) is 5.10 Å². The zero-order valence-electron chi connectivity index (χ0n) is 15.4. The summed E-state index contributed by atoms with van der Waals surface area (Å²) in [6.07, 6.45) is 6.65. The van der Waals surface area contributed by atoms with Crippen LogP contribution in [0, 0.1) is 13.8 Å². The van der Waals surface area contributed by atoms with E-state index in [1.54, 1.807) is 6.33 Å². The van der Waals surface area contributed by atoms with Crippen LogP contribution in [0.3, 0.4) is 0 Å². The number of aryl methyl sites for hydroxylation is 1. The molecule has 4 rings (SSSR count). The third kappa shape index (κ3) is 3.43. The van der Waals surface area contributed by atoms with Crippen LogP contribution in [0.4, 0.5) is 5.69 Å². The molecule has 0 saturated carbocycles. The van der Waals surface area contributed by atoms with E-state index in [4.69, 9.17) is 0 Å². The summed E-state index contributed by atoms with van der Waals surface area (Å²) in [5.74, 6) is 1.59. The molecular weight excluding hydrogens is 310 g/mol. The maximum absolute atomic E-state index is 4.39. The van der Waals surface area contributed by atoms with Gasteiger partial charge >= 0.3 is 0 Å². The first-order valence-corrected chi connectivity index (χ1v) is 9.63. The summed E-state index contributed by atoms with van der Waals surface area (Å²) >= 11 is 0. The number of anilines is 1. The number of piperidine rings is 2. The Bertz CT molecular complexity index is 688. The first kappa shape index (κ1) is 16.6. The van der Waals surface area contributed by atoms with E-state index in [-0.39, 0.29) is 0 Å². The normalized spacial score (nSPS) is 23.1. The van der Waals surface area contributed by atoms with E-state index in [0.29, 0.717) is 12.0 Å². The van der Waals surface area contributed by atoms with Gasteiger partial charge in [0.2, 0.25) is 0 Å². The van der Waals surface area contributed by atoms with E-state index in [1.807, 2.05) is 0 Å². The summed E-state index contributed by atoms with van der Waals surface area (Å²) in [5.41, 5.74) is 4.26. The highest BCUT2D eigenvalue weighted by atomic mass is 15.2. The van der Waals surface area contributed by atoms with Gasteiger partial charge in [-0.25, -0.2) is 4.98 Å². The van der Waals surface area contributed by atoms with Crippen LogP contribution in [0.5, 0.6) is 0 Å². The molecule has 2 fully saturated rings. The van der Waals surface area contributed by atoms with Crippen LogP contribution >= 0.6 is 0 Å². The van der Waals surface area contributed by atoms with Gasteiger partial charge in [0.25, 0.3) is 0 Å². The minimum absolute atomic E-state index is 0.522. The molecule has 1 unspecified atom stereocenters. The number of nitrogens with one attached hydrogen (secondary N) is 1. The molecule has 0 amide bonds. The van der Waals surface area contributed by atoms with E-state index in [1.165, 1.54) is 62.1 Å². The molecule has 3 heterocycles. The Morgan fingerprint density at radius 3 is 2.68 bits per heavy atom. The number of hydrogen-bond donors (Lipinski definition) is 1. The number of nitrogens with zero attached hydrogens (tertiary/aromatic N) is 4. The van der Waals surface area contributed by atoms with Crippen LogP contribution in [0.1, 0.15) is 48.6 Å². The van der Waals surface area contributed by atoms with Gasteiger partial charge in [0.05, 0.1) is 0 Å². The molecule has 5 nitrogen and oxygen atoms in total. The van der Waals surface area contributed by atoms with Gasteiger partial charge in [-0.15, -0.1) is 0 Å². The quantitative estimate of drug-likeness (QED) is 0.932. The highest BCUT2D eigenvalue weighted by molar-refractivity contribution is 5.56. The van der Waals surface area contributed by atoms with E-state index in [2.05, 4.69) is 57.0 Å². The second-order valence-corrected chi connectivity index (χ2v) is 7.64. The monoisotopic (exact) mass is 339 g/mol. The van der Waals surface area contributed by atoms with Crippen molar-refractivity contribution in [2.75, 3.05) is 31.1 Å². The summed E-state index contributed by atoms with van der Waals surface area (Å²) in [6, 6.07) is 7.40. The highest BCUT2D eigenvalue weighted by Crippen LogP contribution is 2.31. The predicted molar refractivity (Wildman–Crippen MR) is 101 cm³/mol. The lowest BCUT2D eigenvalue weighted by Crippen LogP contribution is -2.48. The van der Waals surface area contributed by atoms with Crippen LogP contribution in [0.25, 0.3) is 0 Å². The third-order valence-electron chi connectivity index (χ3n) is 6.17. The fourth-order valence-electron chi connectivity index (χ4n) is 4.52. The lowest BCUT2D eigenvalue weighted by molar-refractivity contribution is 0.126. The molecule has 1 atom stereocenters. The van der Waals surface area contributed by atoms with E-state index >= 15 is 0 Å². The van der Waals surface area contributed by atoms with Gasteiger partial charge in [-0.1, -0.05) is 12.1 Å². The zero-order valence-corrected chi connectivity index (χ0v) is 15.4. The van der Waals surface area contributed by atoms with Crippen molar-refractivity contribution in [2.45, 2.75) is 51.5 Å². The molecular formula is C20H29N5. The number of aromatic nitrogens is 3. The summed E-state index contributed by atoms with van der Waals surface area (Å²) in [6.45, 7) is 9.16. The third-order valence-corrected chi connectivity index (χ3v) is 6.17. The number of rotatable bonds is 3. The molecule has 0 aliphatic carbocycles. The van der Waals surface area contributed by atoms with Gasteiger partial charge in [-0.05, 0) is 63.3 Å². The van der Waals surface area contributed by atoms with Crippen molar-refractivity contribution >= 4 is 5.69 Å². The number of hydrogen-bond acceptors (Lipinski definition) is 4. The predicted octanol–water partition coefficient (Wildman–Crippen LogP) is 3.27. The van der Waals surface area contributed by atoms with Crippen molar-refractivity contribution in [1.82, 2.24) is 20.1 Å². The highest BCUT2D eigenvalue weighted by Gasteiger charge is 2.30.